The van der Waals surface area contributed by atoms with Crippen molar-refractivity contribution in [1.82, 2.24) is 10.6 Å². The number of hydrogen-bond donors (Lipinski definition) is 2. The number of hydrogen-bond acceptors (Lipinski definition) is 5. The van der Waals surface area contributed by atoms with Crippen molar-refractivity contribution < 1.29 is 23.8 Å². The van der Waals surface area contributed by atoms with E-state index >= 15 is 0 Å². The molecule has 41 heavy (non-hydrogen) atoms. The number of rotatable bonds is 13. The summed E-state index contributed by atoms with van der Waals surface area (Å²) in [4.78, 5) is 26.6. The molecule has 7 heteroatoms. The van der Waals surface area contributed by atoms with Gasteiger partial charge in [-0.25, -0.2) is 0 Å². The number of methoxy groups -OCH3 is 2. The Morgan fingerprint density at radius 3 is 1.90 bits per heavy atom. The van der Waals surface area contributed by atoms with Crippen LogP contribution < -0.4 is 20.1 Å². The summed E-state index contributed by atoms with van der Waals surface area (Å²) in [6.07, 6.45) is 3.03. The fourth-order valence-corrected chi connectivity index (χ4v) is 4.29. The lowest BCUT2D eigenvalue weighted by molar-refractivity contribution is -0.129. The third kappa shape index (κ3) is 8.55. The van der Waals surface area contributed by atoms with Crippen LogP contribution in [0.15, 0.2) is 115 Å². The number of nitrogens with one attached hydrogen (secondary N) is 2. The molecule has 0 aliphatic carbocycles. The molecule has 4 rings (SSSR count). The van der Waals surface area contributed by atoms with Gasteiger partial charge in [-0.2, -0.15) is 0 Å². The van der Waals surface area contributed by atoms with E-state index in [0.717, 1.165) is 22.3 Å². The number of benzene rings is 4. The molecule has 7 nitrogen and oxygen atoms in total. The molecule has 0 radical (unpaired) electrons. The lowest BCUT2D eigenvalue weighted by atomic mass is 9.98. The highest BCUT2D eigenvalue weighted by Crippen LogP contribution is 2.28. The van der Waals surface area contributed by atoms with Crippen LogP contribution in [0.25, 0.3) is 6.08 Å². The Morgan fingerprint density at radius 1 is 0.732 bits per heavy atom. The maximum atomic E-state index is 13.6. The molecular weight excluding hydrogens is 516 g/mol. The monoisotopic (exact) mass is 550 g/mol. The predicted molar refractivity (Wildman–Crippen MR) is 159 cm³/mol. The van der Waals surface area contributed by atoms with Crippen molar-refractivity contribution in [2.75, 3.05) is 20.8 Å². The van der Waals surface area contributed by atoms with Crippen LogP contribution in [-0.2, 0) is 20.9 Å². The first-order chi connectivity index (χ1) is 20.1. The van der Waals surface area contributed by atoms with E-state index in [-0.39, 0.29) is 12.5 Å². The Kier molecular flexibility index (Phi) is 10.7. The van der Waals surface area contributed by atoms with Gasteiger partial charge in [-0.05, 0) is 40.5 Å². The Labute approximate surface area is 240 Å². The summed E-state index contributed by atoms with van der Waals surface area (Å²) in [7, 11) is 3.11. The van der Waals surface area contributed by atoms with Crippen LogP contribution in [0.3, 0.4) is 0 Å². The first-order valence-corrected chi connectivity index (χ1v) is 13.3. The van der Waals surface area contributed by atoms with Gasteiger partial charge in [0.1, 0.15) is 6.04 Å². The van der Waals surface area contributed by atoms with Crippen LogP contribution in [0.5, 0.6) is 11.5 Å². The molecule has 0 heterocycles. The minimum atomic E-state index is -0.934. The molecule has 0 spiro atoms. The van der Waals surface area contributed by atoms with Gasteiger partial charge in [-0.3, -0.25) is 9.59 Å². The maximum Gasteiger partial charge on any atom is 0.245 e. The van der Waals surface area contributed by atoms with Crippen LogP contribution in [0.4, 0.5) is 0 Å². The van der Waals surface area contributed by atoms with Gasteiger partial charge in [0.15, 0.2) is 11.5 Å². The zero-order chi connectivity index (χ0) is 28.9. The second-order valence-electron chi connectivity index (χ2n) is 9.27. The van der Waals surface area contributed by atoms with Gasteiger partial charge in [0, 0.05) is 6.08 Å². The van der Waals surface area contributed by atoms with E-state index in [1.54, 1.807) is 32.4 Å². The molecule has 4 aromatic carbocycles. The van der Waals surface area contributed by atoms with Crippen LogP contribution in [0.2, 0.25) is 0 Å². The lowest BCUT2D eigenvalue weighted by Gasteiger charge is -2.24. The smallest absolute Gasteiger partial charge is 0.245 e. The van der Waals surface area contributed by atoms with Crippen LogP contribution >= 0.6 is 0 Å². The quantitative estimate of drug-likeness (QED) is 0.220. The van der Waals surface area contributed by atoms with E-state index in [4.69, 9.17) is 14.2 Å². The van der Waals surface area contributed by atoms with Gasteiger partial charge in [-0.15, -0.1) is 0 Å². The average Bonchev–Trinajstić information content (AvgIpc) is 3.03. The zero-order valence-electron chi connectivity index (χ0n) is 23.2. The summed E-state index contributed by atoms with van der Waals surface area (Å²) in [5, 5.41) is 5.93. The lowest BCUT2D eigenvalue weighted by Crippen LogP contribution is -2.50. The van der Waals surface area contributed by atoms with E-state index in [9.17, 15) is 9.59 Å². The molecule has 1 unspecified atom stereocenters. The van der Waals surface area contributed by atoms with E-state index in [1.165, 1.54) is 6.08 Å². The molecule has 0 saturated carbocycles. The molecular formula is C34H34N2O5. The molecule has 0 fully saturated rings. The van der Waals surface area contributed by atoms with Crippen LogP contribution in [0, 0.1) is 0 Å². The standard InChI is InChI=1S/C34H34N2O5/c1-39-30-20-18-25(22-31(30)40-2)19-21-32(37)35-29(24-41-23-26-12-6-3-7-13-26)34(38)36-33(27-14-8-4-9-15-27)28-16-10-5-11-17-28/h3-22,29,33H,23-24H2,1-2H3,(H,35,37)(H,36,38). The third-order valence-corrected chi connectivity index (χ3v) is 6.42. The number of carbonyl (C=O) groups is 2. The predicted octanol–water partition coefficient (Wildman–Crippen LogP) is 5.32. The summed E-state index contributed by atoms with van der Waals surface area (Å²) in [6, 6.07) is 33.1. The zero-order valence-corrected chi connectivity index (χ0v) is 23.2. The highest BCUT2D eigenvalue weighted by molar-refractivity contribution is 5.95. The normalized spacial score (nSPS) is 11.7. The second-order valence-corrected chi connectivity index (χ2v) is 9.27. The van der Waals surface area contributed by atoms with E-state index < -0.39 is 18.0 Å². The van der Waals surface area contributed by atoms with Gasteiger partial charge in [0.25, 0.3) is 0 Å². The first kappa shape index (κ1) is 29.1. The van der Waals surface area contributed by atoms with Crippen molar-refractivity contribution in [3.63, 3.8) is 0 Å². The highest BCUT2D eigenvalue weighted by atomic mass is 16.5. The SMILES string of the molecule is COc1ccc(C=CC(=O)NC(COCc2ccccc2)C(=O)NC(c2ccccc2)c2ccccc2)cc1OC. The minimum absolute atomic E-state index is 0.00698. The summed E-state index contributed by atoms with van der Waals surface area (Å²) in [5.41, 5.74) is 3.57. The minimum Gasteiger partial charge on any atom is -0.493 e. The molecule has 0 saturated heterocycles. The Morgan fingerprint density at radius 2 is 1.32 bits per heavy atom. The Hall–Kier alpha value is -4.88. The fraction of sp³-hybridized carbons (Fsp3) is 0.176. The molecule has 0 aliphatic rings. The van der Waals surface area contributed by atoms with Gasteiger partial charge in [0.2, 0.25) is 11.8 Å². The van der Waals surface area contributed by atoms with Crippen LogP contribution in [0.1, 0.15) is 28.3 Å². The third-order valence-electron chi connectivity index (χ3n) is 6.42. The molecule has 0 aromatic heterocycles. The maximum absolute atomic E-state index is 13.6. The van der Waals surface area contributed by atoms with Crippen LogP contribution in [-0.4, -0.2) is 38.7 Å². The van der Waals surface area contributed by atoms with Crippen molar-refractivity contribution in [2.24, 2.45) is 0 Å². The molecule has 2 amide bonds. The van der Waals surface area contributed by atoms with Gasteiger partial charge >= 0.3 is 0 Å². The average molecular weight is 551 g/mol. The summed E-state index contributed by atoms with van der Waals surface area (Å²) >= 11 is 0. The second kappa shape index (κ2) is 15.1. The van der Waals surface area contributed by atoms with Crippen molar-refractivity contribution >= 4 is 17.9 Å². The van der Waals surface area contributed by atoms with Crippen molar-refractivity contribution in [3.8, 4) is 11.5 Å². The van der Waals surface area contributed by atoms with Crippen molar-refractivity contribution in [3.05, 3.63) is 138 Å². The van der Waals surface area contributed by atoms with Crippen molar-refractivity contribution in [2.45, 2.75) is 18.7 Å². The van der Waals surface area contributed by atoms with Gasteiger partial charge < -0.3 is 24.8 Å². The topological polar surface area (TPSA) is 85.9 Å². The number of ether oxygens (including phenoxy) is 3. The number of amides is 2. The molecule has 4 aromatic rings. The van der Waals surface area contributed by atoms with E-state index in [2.05, 4.69) is 10.6 Å². The Bertz CT molecular complexity index is 1390. The molecule has 0 bridgehead atoms. The Balaban J connectivity index is 1.51. The largest absolute Gasteiger partial charge is 0.493 e. The van der Waals surface area contributed by atoms with Gasteiger partial charge in [0.05, 0.1) is 33.5 Å². The highest BCUT2D eigenvalue weighted by Gasteiger charge is 2.25. The fourth-order valence-electron chi connectivity index (χ4n) is 4.29. The first-order valence-electron chi connectivity index (χ1n) is 13.3. The van der Waals surface area contributed by atoms with E-state index in [1.807, 2.05) is 97.1 Å². The molecule has 1 atom stereocenters. The molecule has 0 aliphatic heterocycles. The summed E-state index contributed by atoms with van der Waals surface area (Å²) < 4.78 is 16.5. The number of carbonyl (C=O) groups excluding carboxylic acids is 2. The summed E-state index contributed by atoms with van der Waals surface area (Å²) in [6.45, 7) is 0.301. The van der Waals surface area contributed by atoms with Gasteiger partial charge in [-0.1, -0.05) is 97.1 Å². The molecule has 210 valence electrons. The van der Waals surface area contributed by atoms with E-state index in [0.29, 0.717) is 18.1 Å². The summed E-state index contributed by atoms with van der Waals surface area (Å²) in [5.74, 6) is 0.352. The molecule has 2 N–H and O–H groups in total. The van der Waals surface area contributed by atoms with Crippen molar-refractivity contribution in [1.29, 1.82) is 0 Å².